The van der Waals surface area contributed by atoms with Gasteiger partial charge in [0.15, 0.2) is 0 Å². The highest BCUT2D eigenvalue weighted by atomic mass is 16.5. The normalized spacial score (nSPS) is 16.5. The number of likely N-dealkylation sites (tertiary alicyclic amines) is 1. The summed E-state index contributed by atoms with van der Waals surface area (Å²) in [4.78, 5) is 28.7. The lowest BCUT2D eigenvalue weighted by Crippen LogP contribution is -2.34. The molecule has 0 aliphatic carbocycles. The van der Waals surface area contributed by atoms with Gasteiger partial charge in [-0.2, -0.15) is 0 Å². The minimum absolute atomic E-state index is 0.150. The van der Waals surface area contributed by atoms with Crippen LogP contribution in [-0.2, 0) is 13.1 Å². The number of carbonyl (C=O) groups is 1. The number of hydrogen-bond acceptors (Lipinski definition) is 6. The fourth-order valence-electron chi connectivity index (χ4n) is 4.13. The Morgan fingerprint density at radius 1 is 1.19 bits per heavy atom. The van der Waals surface area contributed by atoms with E-state index in [9.17, 15) is 4.79 Å². The highest BCUT2D eigenvalue weighted by Gasteiger charge is 2.27. The zero-order chi connectivity index (χ0) is 22.3. The molecule has 1 saturated heterocycles. The molecule has 1 fully saturated rings. The highest BCUT2D eigenvalue weighted by Crippen LogP contribution is 2.30. The first kappa shape index (κ1) is 21.9. The number of benzene rings is 1. The predicted molar refractivity (Wildman–Crippen MR) is 122 cm³/mol. The Morgan fingerprint density at radius 3 is 2.84 bits per heavy atom. The Kier molecular flexibility index (Phi) is 7.07. The molecule has 2 aromatic heterocycles. The van der Waals surface area contributed by atoms with Gasteiger partial charge in [0.05, 0.1) is 24.4 Å². The van der Waals surface area contributed by atoms with Crippen molar-refractivity contribution in [3.8, 4) is 5.75 Å². The number of aromatic nitrogens is 3. The summed E-state index contributed by atoms with van der Waals surface area (Å²) in [5.74, 6) is 1.38. The highest BCUT2D eigenvalue weighted by molar-refractivity contribution is 5.94. The zero-order valence-electron chi connectivity index (χ0n) is 18.6. The molecule has 1 aliphatic heterocycles. The van der Waals surface area contributed by atoms with Crippen molar-refractivity contribution in [2.24, 2.45) is 0 Å². The molecule has 1 atom stereocenters. The number of nitrogens with zero attached hydrogens (tertiary/aromatic N) is 4. The maximum absolute atomic E-state index is 12.7. The van der Waals surface area contributed by atoms with Gasteiger partial charge in [-0.05, 0) is 55.6 Å². The van der Waals surface area contributed by atoms with Gasteiger partial charge in [-0.25, -0.2) is 9.97 Å². The van der Waals surface area contributed by atoms with Crippen LogP contribution in [0.1, 0.15) is 58.3 Å². The number of methoxy groups -OCH3 is 1. The largest absolute Gasteiger partial charge is 0.497 e. The van der Waals surface area contributed by atoms with E-state index < -0.39 is 0 Å². The number of ether oxygens (including phenoxy) is 1. The number of aryl methyl sites for hydroxylation is 1. The molecule has 1 N–H and O–H groups in total. The van der Waals surface area contributed by atoms with Gasteiger partial charge in [0.2, 0.25) is 0 Å². The van der Waals surface area contributed by atoms with Crippen LogP contribution < -0.4 is 10.1 Å². The molecule has 1 amide bonds. The number of nitrogens with one attached hydrogen (secondary N) is 1. The number of rotatable bonds is 7. The third kappa shape index (κ3) is 5.29. The molecule has 166 valence electrons. The molecule has 0 unspecified atom stereocenters. The first-order chi connectivity index (χ1) is 15.6. The van der Waals surface area contributed by atoms with E-state index in [0.717, 1.165) is 43.1 Å². The summed E-state index contributed by atoms with van der Waals surface area (Å²) in [6.45, 7) is 4.12. The molecule has 4 rings (SSSR count). The Hall–Kier alpha value is -3.32. The Morgan fingerprint density at radius 2 is 2.06 bits per heavy atom. The molecule has 7 heteroatoms. The van der Waals surface area contributed by atoms with E-state index in [0.29, 0.717) is 17.8 Å². The molecular formula is C25H29N5O2. The average Bonchev–Trinajstić information content (AvgIpc) is 2.83. The summed E-state index contributed by atoms with van der Waals surface area (Å²) in [7, 11) is 1.63. The van der Waals surface area contributed by atoms with Gasteiger partial charge in [0, 0.05) is 31.7 Å². The van der Waals surface area contributed by atoms with E-state index >= 15 is 0 Å². The minimum Gasteiger partial charge on any atom is -0.497 e. The summed E-state index contributed by atoms with van der Waals surface area (Å²) in [5, 5.41) is 2.96. The maximum Gasteiger partial charge on any atom is 0.254 e. The van der Waals surface area contributed by atoms with E-state index in [1.165, 1.54) is 12.0 Å². The topological polar surface area (TPSA) is 80.2 Å². The fourth-order valence-corrected chi connectivity index (χ4v) is 4.13. The average molecular weight is 432 g/mol. The van der Waals surface area contributed by atoms with Crippen LogP contribution in [0, 0.1) is 6.92 Å². The van der Waals surface area contributed by atoms with Gasteiger partial charge in [-0.3, -0.25) is 14.7 Å². The second-order valence-electron chi connectivity index (χ2n) is 8.10. The van der Waals surface area contributed by atoms with Crippen LogP contribution in [0.25, 0.3) is 0 Å². The number of amides is 1. The van der Waals surface area contributed by atoms with Crippen molar-refractivity contribution in [2.45, 2.75) is 45.3 Å². The van der Waals surface area contributed by atoms with Gasteiger partial charge in [0.25, 0.3) is 5.91 Å². The second-order valence-corrected chi connectivity index (χ2v) is 8.10. The lowest BCUT2D eigenvalue weighted by molar-refractivity contribution is 0.0948. The van der Waals surface area contributed by atoms with Crippen molar-refractivity contribution in [1.82, 2.24) is 25.2 Å². The van der Waals surface area contributed by atoms with Crippen molar-refractivity contribution < 1.29 is 9.53 Å². The smallest absolute Gasteiger partial charge is 0.254 e. The van der Waals surface area contributed by atoms with Crippen molar-refractivity contribution in [3.05, 3.63) is 83.2 Å². The van der Waals surface area contributed by atoms with E-state index in [4.69, 9.17) is 9.72 Å². The molecule has 0 saturated carbocycles. The van der Waals surface area contributed by atoms with Crippen molar-refractivity contribution in [2.75, 3.05) is 13.7 Å². The zero-order valence-corrected chi connectivity index (χ0v) is 18.6. The van der Waals surface area contributed by atoms with Crippen LogP contribution in [0.15, 0.2) is 55.0 Å². The molecule has 3 heterocycles. The van der Waals surface area contributed by atoms with Gasteiger partial charge in [-0.15, -0.1) is 0 Å². The number of pyridine rings is 1. The van der Waals surface area contributed by atoms with Crippen LogP contribution in [0.2, 0.25) is 0 Å². The Labute approximate surface area is 188 Å². The summed E-state index contributed by atoms with van der Waals surface area (Å²) in [6.07, 6.45) is 8.70. The van der Waals surface area contributed by atoms with Gasteiger partial charge >= 0.3 is 0 Å². The van der Waals surface area contributed by atoms with E-state index in [-0.39, 0.29) is 11.9 Å². The molecule has 1 aromatic carbocycles. The molecule has 0 radical (unpaired) electrons. The molecule has 3 aromatic rings. The minimum atomic E-state index is -0.173. The first-order valence-electron chi connectivity index (χ1n) is 11.0. The number of hydrogen-bond donors (Lipinski definition) is 1. The van der Waals surface area contributed by atoms with Crippen molar-refractivity contribution in [1.29, 1.82) is 0 Å². The summed E-state index contributed by atoms with van der Waals surface area (Å²) in [6, 6.07) is 11.9. The number of carbonyl (C=O) groups excluding carboxylic acids is 1. The SMILES string of the molecule is COc1cccc(CNC(=O)c2cnc([C@H]3CCCCN3Cc3cccnc3)nc2C)c1. The summed E-state index contributed by atoms with van der Waals surface area (Å²) < 4.78 is 5.24. The third-order valence-electron chi connectivity index (χ3n) is 5.85. The van der Waals surface area contributed by atoms with Crippen LogP contribution in [0.4, 0.5) is 0 Å². The van der Waals surface area contributed by atoms with Crippen molar-refractivity contribution >= 4 is 5.91 Å². The quantitative estimate of drug-likeness (QED) is 0.612. The lowest BCUT2D eigenvalue weighted by Gasteiger charge is -2.34. The fraction of sp³-hybridized carbons (Fsp3) is 0.360. The van der Waals surface area contributed by atoms with Crippen LogP contribution >= 0.6 is 0 Å². The third-order valence-corrected chi connectivity index (χ3v) is 5.85. The van der Waals surface area contributed by atoms with E-state index in [1.54, 1.807) is 19.5 Å². The Balaban J connectivity index is 1.44. The van der Waals surface area contributed by atoms with Gasteiger partial charge in [0.1, 0.15) is 11.6 Å². The lowest BCUT2D eigenvalue weighted by atomic mass is 10.0. The molecule has 0 bridgehead atoms. The molecule has 0 spiro atoms. The van der Waals surface area contributed by atoms with Gasteiger partial charge in [-0.1, -0.05) is 24.6 Å². The van der Waals surface area contributed by atoms with E-state index in [1.807, 2.05) is 43.5 Å². The first-order valence-corrected chi connectivity index (χ1v) is 11.0. The van der Waals surface area contributed by atoms with Crippen molar-refractivity contribution in [3.63, 3.8) is 0 Å². The van der Waals surface area contributed by atoms with Crippen LogP contribution in [0.3, 0.4) is 0 Å². The predicted octanol–water partition coefficient (Wildman–Crippen LogP) is 3.85. The monoisotopic (exact) mass is 431 g/mol. The molecule has 1 aliphatic rings. The molecule has 7 nitrogen and oxygen atoms in total. The maximum atomic E-state index is 12.7. The second kappa shape index (κ2) is 10.3. The Bertz CT molecular complexity index is 1060. The summed E-state index contributed by atoms with van der Waals surface area (Å²) >= 11 is 0. The van der Waals surface area contributed by atoms with Crippen LogP contribution in [0.5, 0.6) is 5.75 Å². The van der Waals surface area contributed by atoms with E-state index in [2.05, 4.69) is 26.3 Å². The standard InChI is InChI=1S/C25H29N5O2/c1-18-22(25(31)28-15-19-7-5-9-21(13-19)32-2)16-27-24(29-18)23-10-3-4-12-30(23)17-20-8-6-11-26-14-20/h5-9,11,13-14,16,23H,3-4,10,12,15,17H2,1-2H3,(H,28,31)/t23-/m1/s1. The van der Waals surface area contributed by atoms with Gasteiger partial charge < -0.3 is 10.1 Å². The molecule has 32 heavy (non-hydrogen) atoms. The number of piperidine rings is 1. The molecular weight excluding hydrogens is 402 g/mol. The summed E-state index contributed by atoms with van der Waals surface area (Å²) in [5.41, 5.74) is 3.36. The van der Waals surface area contributed by atoms with Crippen LogP contribution in [-0.4, -0.2) is 39.4 Å².